The van der Waals surface area contributed by atoms with Crippen LogP contribution in [0.1, 0.15) is 34.2 Å². The lowest BCUT2D eigenvalue weighted by molar-refractivity contribution is 0.0516. The summed E-state index contributed by atoms with van der Waals surface area (Å²) in [4.78, 5) is 14.4. The van der Waals surface area contributed by atoms with E-state index in [2.05, 4.69) is 10.00 Å². The van der Waals surface area contributed by atoms with Crippen LogP contribution in [-0.2, 0) is 31.3 Å². The number of ether oxygens (including phenoxy) is 1. The Bertz CT molecular complexity index is 707. The molecule has 1 aliphatic heterocycles. The van der Waals surface area contributed by atoms with Crippen LogP contribution in [0.3, 0.4) is 0 Å². The maximum absolute atomic E-state index is 12.1. The summed E-state index contributed by atoms with van der Waals surface area (Å²) in [6.07, 6.45) is 0.857. The number of esters is 1. The normalized spacial score (nSPS) is 14.5. The zero-order valence-electron chi connectivity index (χ0n) is 13.5. The molecule has 1 aromatic heterocycles. The Balaban J connectivity index is 1.79. The molecule has 6 heteroatoms. The van der Waals surface area contributed by atoms with Crippen molar-refractivity contribution >= 4 is 5.97 Å². The summed E-state index contributed by atoms with van der Waals surface area (Å²) >= 11 is 0. The Kier molecular flexibility index (Phi) is 4.34. The Morgan fingerprint density at radius 2 is 2.09 bits per heavy atom. The Morgan fingerprint density at radius 1 is 1.35 bits per heavy atom. The molecule has 0 saturated carbocycles. The number of aromatic hydroxyl groups is 1. The Morgan fingerprint density at radius 3 is 2.78 bits per heavy atom. The first-order chi connectivity index (χ1) is 11.1. The molecule has 0 fully saturated rings. The molecule has 0 saturated heterocycles. The second kappa shape index (κ2) is 6.42. The number of aryl methyl sites for hydroxylation is 1. The zero-order chi connectivity index (χ0) is 16.4. The van der Waals surface area contributed by atoms with Crippen LogP contribution in [0.2, 0.25) is 0 Å². The van der Waals surface area contributed by atoms with Crippen molar-refractivity contribution in [2.75, 3.05) is 13.2 Å². The number of phenols is 1. The summed E-state index contributed by atoms with van der Waals surface area (Å²) in [5.74, 6) is -0.0811. The third kappa shape index (κ3) is 3.22. The van der Waals surface area contributed by atoms with Crippen molar-refractivity contribution in [3.8, 4) is 5.75 Å². The number of phenolic OH excluding ortho intramolecular Hbond substituents is 1. The molecule has 1 N–H and O–H groups in total. The molecule has 0 amide bonds. The van der Waals surface area contributed by atoms with E-state index in [1.807, 2.05) is 19.2 Å². The number of hydrogen-bond donors (Lipinski definition) is 1. The number of nitrogens with zero attached hydrogens (tertiary/aromatic N) is 3. The minimum absolute atomic E-state index is 0.270. The standard InChI is InChI=1S/C17H21N3O3/c1-3-23-17(22)16-14-11-20(9-8-15(14)19(2)18-16)10-12-4-6-13(21)7-5-12/h4-7,21H,3,8-11H2,1-2H3. The SMILES string of the molecule is CCOC(=O)c1nn(C)c2c1CN(Cc1ccc(O)cc1)CC2. The van der Waals surface area contributed by atoms with Gasteiger partial charge in [-0.25, -0.2) is 4.79 Å². The number of hydrogen-bond acceptors (Lipinski definition) is 5. The fraction of sp³-hybridized carbons (Fsp3) is 0.412. The van der Waals surface area contributed by atoms with E-state index >= 15 is 0 Å². The largest absolute Gasteiger partial charge is 0.508 e. The van der Waals surface area contributed by atoms with Crippen LogP contribution < -0.4 is 0 Å². The van der Waals surface area contributed by atoms with E-state index in [4.69, 9.17) is 4.74 Å². The molecule has 2 aromatic rings. The van der Waals surface area contributed by atoms with Crippen molar-refractivity contribution in [1.82, 2.24) is 14.7 Å². The van der Waals surface area contributed by atoms with E-state index < -0.39 is 0 Å². The molecule has 1 aromatic carbocycles. The van der Waals surface area contributed by atoms with Gasteiger partial charge in [-0.05, 0) is 24.6 Å². The second-order valence-electron chi connectivity index (χ2n) is 5.75. The van der Waals surface area contributed by atoms with E-state index in [-0.39, 0.29) is 11.7 Å². The summed E-state index contributed by atoms with van der Waals surface area (Å²) in [5.41, 5.74) is 3.64. The average Bonchev–Trinajstić information content (AvgIpc) is 2.87. The van der Waals surface area contributed by atoms with E-state index in [9.17, 15) is 9.90 Å². The molecule has 1 aliphatic rings. The van der Waals surface area contributed by atoms with Crippen LogP contribution >= 0.6 is 0 Å². The lowest BCUT2D eigenvalue weighted by atomic mass is 10.0. The lowest BCUT2D eigenvalue weighted by Crippen LogP contribution is -2.31. The molecule has 0 radical (unpaired) electrons. The van der Waals surface area contributed by atoms with Gasteiger partial charge in [0.05, 0.1) is 6.61 Å². The first kappa shape index (κ1) is 15.6. The van der Waals surface area contributed by atoms with Crippen molar-refractivity contribution in [2.45, 2.75) is 26.4 Å². The summed E-state index contributed by atoms with van der Waals surface area (Å²) in [6, 6.07) is 7.22. The molecule has 6 nitrogen and oxygen atoms in total. The maximum atomic E-state index is 12.1. The van der Waals surface area contributed by atoms with E-state index in [1.54, 1.807) is 23.7 Å². The van der Waals surface area contributed by atoms with Crippen LogP contribution in [0, 0.1) is 0 Å². The van der Waals surface area contributed by atoms with Crippen molar-refractivity contribution in [2.24, 2.45) is 7.05 Å². The third-order valence-electron chi connectivity index (χ3n) is 4.13. The van der Waals surface area contributed by atoms with E-state index in [0.717, 1.165) is 36.3 Å². The first-order valence-corrected chi connectivity index (χ1v) is 7.80. The molecule has 122 valence electrons. The summed E-state index contributed by atoms with van der Waals surface area (Å²) < 4.78 is 6.90. The molecule has 0 atom stereocenters. The third-order valence-corrected chi connectivity index (χ3v) is 4.13. The predicted molar refractivity (Wildman–Crippen MR) is 85.1 cm³/mol. The quantitative estimate of drug-likeness (QED) is 0.872. The summed E-state index contributed by atoms with van der Waals surface area (Å²) in [6.45, 7) is 4.51. The van der Waals surface area contributed by atoms with Crippen molar-refractivity contribution in [3.05, 3.63) is 46.8 Å². The minimum atomic E-state index is -0.351. The summed E-state index contributed by atoms with van der Waals surface area (Å²) in [7, 11) is 1.87. The van der Waals surface area contributed by atoms with Gasteiger partial charge >= 0.3 is 5.97 Å². The Labute approximate surface area is 135 Å². The highest BCUT2D eigenvalue weighted by Crippen LogP contribution is 2.24. The molecule has 0 unspecified atom stereocenters. The fourth-order valence-electron chi connectivity index (χ4n) is 3.01. The monoisotopic (exact) mass is 315 g/mol. The number of benzene rings is 1. The molecule has 0 aliphatic carbocycles. The zero-order valence-corrected chi connectivity index (χ0v) is 13.5. The lowest BCUT2D eigenvalue weighted by Gasteiger charge is -2.27. The van der Waals surface area contributed by atoms with E-state index in [0.29, 0.717) is 18.8 Å². The molecular formula is C17H21N3O3. The molecule has 0 spiro atoms. The van der Waals surface area contributed by atoms with Gasteiger partial charge < -0.3 is 9.84 Å². The van der Waals surface area contributed by atoms with Gasteiger partial charge in [-0.15, -0.1) is 0 Å². The van der Waals surface area contributed by atoms with E-state index in [1.165, 1.54) is 0 Å². The topological polar surface area (TPSA) is 67.6 Å². The van der Waals surface area contributed by atoms with Gasteiger partial charge in [0.2, 0.25) is 0 Å². The Hall–Kier alpha value is -2.34. The summed E-state index contributed by atoms with van der Waals surface area (Å²) in [5, 5.41) is 13.7. The highest BCUT2D eigenvalue weighted by Gasteiger charge is 2.27. The van der Waals surface area contributed by atoms with Gasteiger partial charge in [0.1, 0.15) is 5.75 Å². The van der Waals surface area contributed by atoms with Crippen LogP contribution in [0.4, 0.5) is 0 Å². The van der Waals surface area contributed by atoms with Gasteiger partial charge in [0, 0.05) is 44.4 Å². The van der Waals surface area contributed by atoms with Gasteiger partial charge in [-0.2, -0.15) is 5.10 Å². The molecule has 3 rings (SSSR count). The maximum Gasteiger partial charge on any atom is 0.359 e. The number of aromatic nitrogens is 2. The molecular weight excluding hydrogens is 294 g/mol. The van der Waals surface area contributed by atoms with Crippen LogP contribution in [0.25, 0.3) is 0 Å². The highest BCUT2D eigenvalue weighted by atomic mass is 16.5. The number of fused-ring (bicyclic) bond motifs is 1. The smallest absolute Gasteiger partial charge is 0.359 e. The first-order valence-electron chi connectivity index (χ1n) is 7.80. The number of rotatable bonds is 4. The van der Waals surface area contributed by atoms with Crippen molar-refractivity contribution in [1.29, 1.82) is 0 Å². The molecule has 23 heavy (non-hydrogen) atoms. The van der Waals surface area contributed by atoms with Gasteiger partial charge in [0.15, 0.2) is 5.69 Å². The van der Waals surface area contributed by atoms with Crippen LogP contribution in [0.15, 0.2) is 24.3 Å². The van der Waals surface area contributed by atoms with Crippen molar-refractivity contribution < 1.29 is 14.6 Å². The highest BCUT2D eigenvalue weighted by molar-refractivity contribution is 5.89. The second-order valence-corrected chi connectivity index (χ2v) is 5.75. The number of carbonyl (C=O) groups excluding carboxylic acids is 1. The fourth-order valence-corrected chi connectivity index (χ4v) is 3.01. The molecule has 0 bridgehead atoms. The average molecular weight is 315 g/mol. The van der Waals surface area contributed by atoms with Crippen LogP contribution in [-0.4, -0.2) is 38.9 Å². The van der Waals surface area contributed by atoms with Crippen LogP contribution in [0.5, 0.6) is 5.75 Å². The van der Waals surface area contributed by atoms with Gasteiger partial charge in [0.25, 0.3) is 0 Å². The predicted octanol–water partition coefficient (Wildman–Crippen LogP) is 1.86. The number of carbonyl (C=O) groups is 1. The minimum Gasteiger partial charge on any atom is -0.508 e. The van der Waals surface area contributed by atoms with Crippen molar-refractivity contribution in [3.63, 3.8) is 0 Å². The molecule has 2 heterocycles. The van der Waals surface area contributed by atoms with Gasteiger partial charge in [-0.3, -0.25) is 9.58 Å². The van der Waals surface area contributed by atoms with Gasteiger partial charge in [-0.1, -0.05) is 12.1 Å².